The smallest absolute Gasteiger partial charge is 0.179 e. The molecule has 1 unspecified atom stereocenters. The summed E-state index contributed by atoms with van der Waals surface area (Å²) >= 11 is 1.69. The van der Waals surface area contributed by atoms with Gasteiger partial charge in [-0.2, -0.15) is 0 Å². The summed E-state index contributed by atoms with van der Waals surface area (Å²) in [6.07, 6.45) is 2.86. The van der Waals surface area contributed by atoms with Crippen molar-refractivity contribution in [3.8, 4) is 0 Å². The summed E-state index contributed by atoms with van der Waals surface area (Å²) in [7, 11) is 0. The third kappa shape index (κ3) is 3.35. The lowest BCUT2D eigenvalue weighted by Gasteiger charge is -2.14. The zero-order valence-corrected chi connectivity index (χ0v) is 10.9. The molecule has 0 aromatic heterocycles. The van der Waals surface area contributed by atoms with E-state index in [1.807, 2.05) is 44.4 Å². The Morgan fingerprint density at radius 3 is 2.38 bits per heavy atom. The highest BCUT2D eigenvalue weighted by Crippen LogP contribution is 2.16. The van der Waals surface area contributed by atoms with Crippen LogP contribution in [0.2, 0.25) is 0 Å². The molecule has 0 saturated carbocycles. The van der Waals surface area contributed by atoms with Crippen LogP contribution < -0.4 is 5.32 Å². The molecule has 3 heteroatoms. The summed E-state index contributed by atoms with van der Waals surface area (Å²) in [4.78, 5) is 13.3. The average molecular weight is 237 g/mol. The summed E-state index contributed by atoms with van der Waals surface area (Å²) in [5.74, 6) is 0.192. The molecule has 0 radical (unpaired) electrons. The molecule has 16 heavy (non-hydrogen) atoms. The summed E-state index contributed by atoms with van der Waals surface area (Å²) in [5.41, 5.74) is 0.797. The van der Waals surface area contributed by atoms with Crippen LogP contribution in [-0.2, 0) is 0 Å². The fourth-order valence-electron chi connectivity index (χ4n) is 1.63. The molecule has 0 aliphatic rings. The second-order valence-electron chi connectivity index (χ2n) is 3.61. The van der Waals surface area contributed by atoms with Crippen molar-refractivity contribution in [2.75, 3.05) is 12.8 Å². The van der Waals surface area contributed by atoms with E-state index in [1.165, 1.54) is 4.90 Å². The second kappa shape index (κ2) is 6.71. The molecule has 0 aliphatic heterocycles. The lowest BCUT2D eigenvalue weighted by molar-refractivity contribution is 0.0941. The molecule has 1 aromatic rings. The van der Waals surface area contributed by atoms with Gasteiger partial charge in [0, 0.05) is 10.5 Å². The predicted molar refractivity (Wildman–Crippen MR) is 70.3 cm³/mol. The topological polar surface area (TPSA) is 29.1 Å². The van der Waals surface area contributed by atoms with Crippen LogP contribution in [0.25, 0.3) is 0 Å². The molecule has 1 N–H and O–H groups in total. The first-order valence-corrected chi connectivity index (χ1v) is 6.87. The fourth-order valence-corrected chi connectivity index (χ4v) is 2.03. The van der Waals surface area contributed by atoms with Gasteiger partial charge in [0.2, 0.25) is 0 Å². The first kappa shape index (κ1) is 13.3. The zero-order chi connectivity index (χ0) is 12.0. The number of likely N-dealkylation sites (N-methyl/N-ethyl adjacent to an activating group) is 1. The van der Waals surface area contributed by atoms with E-state index in [-0.39, 0.29) is 11.8 Å². The van der Waals surface area contributed by atoms with Gasteiger partial charge in [0.05, 0.1) is 6.04 Å². The van der Waals surface area contributed by atoms with Gasteiger partial charge in [0.15, 0.2) is 5.78 Å². The van der Waals surface area contributed by atoms with E-state index in [0.29, 0.717) is 0 Å². The first-order chi connectivity index (χ1) is 7.72. The van der Waals surface area contributed by atoms with Crippen LogP contribution in [0.3, 0.4) is 0 Å². The fraction of sp³-hybridized carbons (Fsp3) is 0.462. The van der Waals surface area contributed by atoms with Gasteiger partial charge in [-0.05, 0) is 31.4 Å². The van der Waals surface area contributed by atoms with Gasteiger partial charge in [-0.1, -0.05) is 26.0 Å². The number of hydrogen-bond acceptors (Lipinski definition) is 3. The maximum Gasteiger partial charge on any atom is 0.179 e. The molecule has 0 heterocycles. The van der Waals surface area contributed by atoms with E-state index < -0.39 is 0 Å². The number of rotatable bonds is 6. The van der Waals surface area contributed by atoms with Crippen LogP contribution in [0, 0.1) is 0 Å². The first-order valence-electron chi connectivity index (χ1n) is 5.64. The van der Waals surface area contributed by atoms with E-state index in [0.717, 1.165) is 18.5 Å². The van der Waals surface area contributed by atoms with Crippen LogP contribution in [-0.4, -0.2) is 24.6 Å². The molecule has 0 spiro atoms. The average Bonchev–Trinajstić information content (AvgIpc) is 2.35. The maximum absolute atomic E-state index is 12.1. The van der Waals surface area contributed by atoms with Crippen molar-refractivity contribution >= 4 is 17.5 Å². The normalized spacial score (nSPS) is 12.4. The van der Waals surface area contributed by atoms with Crippen molar-refractivity contribution in [2.45, 2.75) is 31.2 Å². The standard InChI is InChI=1S/C13H19NOS/c1-4-12(14-5-2)13(15)10-6-8-11(16-3)9-7-10/h6-9,12,14H,4-5H2,1-3H3. The molecule has 0 aliphatic carbocycles. The largest absolute Gasteiger partial charge is 0.307 e. The van der Waals surface area contributed by atoms with Crippen molar-refractivity contribution < 1.29 is 4.79 Å². The number of Topliss-reactive ketones (excluding diaryl/α,β-unsaturated/α-hetero) is 1. The Morgan fingerprint density at radius 1 is 1.31 bits per heavy atom. The van der Waals surface area contributed by atoms with Crippen LogP contribution >= 0.6 is 11.8 Å². The molecular formula is C13H19NOS. The second-order valence-corrected chi connectivity index (χ2v) is 4.49. The van der Waals surface area contributed by atoms with E-state index in [4.69, 9.17) is 0 Å². The molecule has 0 saturated heterocycles. The molecule has 1 atom stereocenters. The predicted octanol–water partition coefficient (Wildman–Crippen LogP) is 2.98. The molecule has 1 aromatic carbocycles. The molecule has 88 valence electrons. The molecule has 2 nitrogen and oxygen atoms in total. The van der Waals surface area contributed by atoms with E-state index in [9.17, 15) is 4.79 Å². The highest BCUT2D eigenvalue weighted by atomic mass is 32.2. The Balaban J connectivity index is 2.78. The number of ketones is 1. The van der Waals surface area contributed by atoms with Gasteiger partial charge in [0.1, 0.15) is 0 Å². The zero-order valence-electron chi connectivity index (χ0n) is 10.1. The summed E-state index contributed by atoms with van der Waals surface area (Å²) in [5, 5.41) is 3.20. The Morgan fingerprint density at radius 2 is 1.94 bits per heavy atom. The van der Waals surface area contributed by atoms with E-state index >= 15 is 0 Å². The monoisotopic (exact) mass is 237 g/mol. The Hall–Kier alpha value is -0.800. The van der Waals surface area contributed by atoms with Crippen molar-refractivity contribution in [3.63, 3.8) is 0 Å². The third-order valence-electron chi connectivity index (χ3n) is 2.55. The summed E-state index contributed by atoms with van der Waals surface area (Å²) in [6, 6.07) is 7.76. The number of nitrogens with one attached hydrogen (secondary N) is 1. The van der Waals surface area contributed by atoms with Gasteiger partial charge in [-0.3, -0.25) is 4.79 Å². The molecule has 0 amide bonds. The molecular weight excluding hydrogens is 218 g/mol. The quantitative estimate of drug-likeness (QED) is 0.609. The van der Waals surface area contributed by atoms with Gasteiger partial charge in [-0.15, -0.1) is 11.8 Å². The van der Waals surface area contributed by atoms with Crippen molar-refractivity contribution in [1.82, 2.24) is 5.32 Å². The van der Waals surface area contributed by atoms with Crippen LogP contribution in [0.15, 0.2) is 29.2 Å². The van der Waals surface area contributed by atoms with Gasteiger partial charge < -0.3 is 5.32 Å². The Kier molecular flexibility index (Phi) is 5.56. The number of benzene rings is 1. The van der Waals surface area contributed by atoms with Crippen molar-refractivity contribution in [1.29, 1.82) is 0 Å². The molecule has 0 bridgehead atoms. The van der Waals surface area contributed by atoms with Crippen LogP contribution in [0.4, 0.5) is 0 Å². The lowest BCUT2D eigenvalue weighted by Crippen LogP contribution is -2.35. The third-order valence-corrected chi connectivity index (χ3v) is 3.29. The minimum absolute atomic E-state index is 0.0508. The summed E-state index contributed by atoms with van der Waals surface area (Å²) in [6.45, 7) is 4.88. The highest BCUT2D eigenvalue weighted by Gasteiger charge is 2.16. The van der Waals surface area contributed by atoms with Gasteiger partial charge >= 0.3 is 0 Å². The summed E-state index contributed by atoms with van der Waals surface area (Å²) < 4.78 is 0. The lowest BCUT2D eigenvalue weighted by atomic mass is 10.0. The number of carbonyl (C=O) groups excluding carboxylic acids is 1. The molecule has 0 fully saturated rings. The number of hydrogen-bond donors (Lipinski definition) is 1. The van der Waals surface area contributed by atoms with Crippen LogP contribution in [0.1, 0.15) is 30.6 Å². The number of thioether (sulfide) groups is 1. The van der Waals surface area contributed by atoms with Crippen molar-refractivity contribution in [3.05, 3.63) is 29.8 Å². The minimum Gasteiger partial charge on any atom is -0.307 e. The number of carbonyl (C=O) groups is 1. The Bertz CT molecular complexity index is 334. The van der Waals surface area contributed by atoms with Crippen LogP contribution in [0.5, 0.6) is 0 Å². The van der Waals surface area contributed by atoms with Gasteiger partial charge in [0.25, 0.3) is 0 Å². The minimum atomic E-state index is -0.0508. The SMILES string of the molecule is CCNC(CC)C(=O)c1ccc(SC)cc1. The van der Waals surface area contributed by atoms with Crippen molar-refractivity contribution in [2.24, 2.45) is 0 Å². The Labute approximate surface area is 102 Å². The van der Waals surface area contributed by atoms with Gasteiger partial charge in [-0.25, -0.2) is 0 Å². The highest BCUT2D eigenvalue weighted by molar-refractivity contribution is 7.98. The van der Waals surface area contributed by atoms with E-state index in [2.05, 4.69) is 5.32 Å². The van der Waals surface area contributed by atoms with E-state index in [1.54, 1.807) is 11.8 Å². The molecule has 1 rings (SSSR count). The maximum atomic E-state index is 12.1.